The molecule has 0 aliphatic heterocycles. The van der Waals surface area contributed by atoms with Crippen LogP contribution in [0.5, 0.6) is 5.75 Å². The summed E-state index contributed by atoms with van der Waals surface area (Å²) in [5.41, 5.74) is -0.118. The van der Waals surface area contributed by atoms with Crippen molar-refractivity contribution in [2.24, 2.45) is 0 Å². The van der Waals surface area contributed by atoms with Crippen LogP contribution in [-0.2, 0) is 6.54 Å². The maximum Gasteiger partial charge on any atom is 0.288 e. The minimum absolute atomic E-state index is 0.0807. The first-order chi connectivity index (χ1) is 9.16. The summed E-state index contributed by atoms with van der Waals surface area (Å²) in [6, 6.07) is 4.34. The number of nitro groups is 1. The summed E-state index contributed by atoms with van der Waals surface area (Å²) in [6.07, 6.45) is 6.15. The van der Waals surface area contributed by atoms with Crippen molar-refractivity contribution >= 4 is 17.3 Å². The fourth-order valence-corrected chi connectivity index (χ4v) is 1.82. The van der Waals surface area contributed by atoms with Crippen LogP contribution >= 0.6 is 11.6 Å². The van der Waals surface area contributed by atoms with E-state index in [9.17, 15) is 10.1 Å². The first kappa shape index (κ1) is 13.4. The number of ether oxygens (including phenoxy) is 1. The van der Waals surface area contributed by atoms with Gasteiger partial charge in [-0.1, -0.05) is 11.6 Å². The highest BCUT2D eigenvalue weighted by Crippen LogP contribution is 2.28. The number of benzene rings is 1. The molecule has 6 nitrogen and oxygen atoms in total. The molecule has 1 aromatic carbocycles. The minimum atomic E-state index is -0.523. The summed E-state index contributed by atoms with van der Waals surface area (Å²) in [6.45, 7) is 1.31. The lowest BCUT2D eigenvalue weighted by Crippen LogP contribution is -2.03. The van der Waals surface area contributed by atoms with Crippen LogP contribution in [0, 0.1) is 10.1 Å². The molecule has 0 amide bonds. The Balaban J connectivity index is 1.83. The summed E-state index contributed by atoms with van der Waals surface area (Å²) in [5.74, 6) is 0.529. The van der Waals surface area contributed by atoms with Crippen LogP contribution in [0.1, 0.15) is 6.42 Å². The van der Waals surface area contributed by atoms with Crippen molar-refractivity contribution in [3.05, 3.63) is 52.1 Å². The Morgan fingerprint density at radius 1 is 1.47 bits per heavy atom. The van der Waals surface area contributed by atoms with E-state index in [4.69, 9.17) is 16.3 Å². The van der Waals surface area contributed by atoms with Crippen LogP contribution < -0.4 is 4.74 Å². The second kappa shape index (κ2) is 6.19. The lowest BCUT2D eigenvalue weighted by atomic mass is 10.3. The van der Waals surface area contributed by atoms with Crippen LogP contribution in [0.4, 0.5) is 5.69 Å². The smallest absolute Gasteiger partial charge is 0.288 e. The number of aryl methyl sites for hydroxylation is 1. The molecule has 0 aliphatic carbocycles. The molecule has 0 spiro atoms. The molecule has 2 rings (SSSR count). The topological polar surface area (TPSA) is 70.2 Å². The first-order valence-corrected chi connectivity index (χ1v) is 6.07. The highest BCUT2D eigenvalue weighted by atomic mass is 35.5. The molecule has 100 valence electrons. The van der Waals surface area contributed by atoms with Crippen molar-refractivity contribution in [1.82, 2.24) is 9.55 Å². The molecule has 0 saturated carbocycles. The van der Waals surface area contributed by atoms with Crippen LogP contribution in [-0.4, -0.2) is 21.1 Å². The predicted octanol–water partition coefficient (Wildman–Crippen LogP) is 2.91. The van der Waals surface area contributed by atoms with Crippen LogP contribution in [0.25, 0.3) is 0 Å². The summed E-state index contributed by atoms with van der Waals surface area (Å²) in [7, 11) is 0. The van der Waals surface area contributed by atoms with E-state index >= 15 is 0 Å². The van der Waals surface area contributed by atoms with E-state index in [1.165, 1.54) is 12.1 Å². The van der Waals surface area contributed by atoms with Gasteiger partial charge in [-0.15, -0.1) is 0 Å². The summed E-state index contributed by atoms with van der Waals surface area (Å²) in [5, 5.41) is 10.7. The van der Waals surface area contributed by atoms with Gasteiger partial charge in [0.15, 0.2) is 0 Å². The number of nitro benzene ring substituents is 1. The van der Waals surface area contributed by atoms with Gasteiger partial charge in [-0.3, -0.25) is 10.1 Å². The van der Waals surface area contributed by atoms with Gasteiger partial charge in [-0.25, -0.2) is 4.98 Å². The third-order valence-electron chi connectivity index (χ3n) is 2.50. The zero-order valence-electron chi connectivity index (χ0n) is 10.0. The fraction of sp³-hybridized carbons (Fsp3) is 0.250. The largest absolute Gasteiger partial charge is 0.493 e. The minimum Gasteiger partial charge on any atom is -0.493 e. The van der Waals surface area contributed by atoms with Gasteiger partial charge in [0.2, 0.25) is 0 Å². The Kier molecular flexibility index (Phi) is 4.35. The quantitative estimate of drug-likeness (QED) is 0.464. The molecule has 0 N–H and O–H groups in total. The average Bonchev–Trinajstić information content (AvgIpc) is 2.87. The molecule has 0 unspecified atom stereocenters. The number of hydrogen-bond acceptors (Lipinski definition) is 4. The second-order valence-electron chi connectivity index (χ2n) is 3.87. The van der Waals surface area contributed by atoms with E-state index < -0.39 is 4.92 Å². The van der Waals surface area contributed by atoms with Crippen LogP contribution in [0.3, 0.4) is 0 Å². The van der Waals surface area contributed by atoms with Crippen LogP contribution in [0.15, 0.2) is 36.9 Å². The van der Waals surface area contributed by atoms with E-state index in [-0.39, 0.29) is 10.7 Å². The molecular weight excluding hydrogens is 270 g/mol. The second-order valence-corrected chi connectivity index (χ2v) is 4.28. The van der Waals surface area contributed by atoms with Gasteiger partial charge >= 0.3 is 0 Å². The van der Waals surface area contributed by atoms with Crippen molar-refractivity contribution < 1.29 is 9.66 Å². The molecule has 19 heavy (non-hydrogen) atoms. The molecule has 0 radical (unpaired) electrons. The predicted molar refractivity (Wildman–Crippen MR) is 70.4 cm³/mol. The Hall–Kier alpha value is -2.08. The number of aromatic nitrogens is 2. The molecule has 1 aromatic heterocycles. The molecule has 1 heterocycles. The molecule has 0 aliphatic rings. The molecule has 2 aromatic rings. The van der Waals surface area contributed by atoms with Gasteiger partial charge in [-0.2, -0.15) is 0 Å². The summed E-state index contributed by atoms with van der Waals surface area (Å²) < 4.78 is 7.43. The van der Waals surface area contributed by atoms with Crippen molar-refractivity contribution in [3.8, 4) is 5.75 Å². The van der Waals surface area contributed by atoms with Gasteiger partial charge in [0.05, 0.1) is 17.9 Å². The average molecular weight is 282 g/mol. The van der Waals surface area contributed by atoms with Crippen molar-refractivity contribution in [1.29, 1.82) is 0 Å². The normalized spacial score (nSPS) is 10.4. The first-order valence-electron chi connectivity index (χ1n) is 5.69. The summed E-state index contributed by atoms with van der Waals surface area (Å²) in [4.78, 5) is 14.0. The SMILES string of the molecule is O=[N+]([O-])c1ccc(OCCCn2ccnc2)cc1Cl. The molecule has 0 saturated heterocycles. The number of halogens is 1. The third-order valence-corrected chi connectivity index (χ3v) is 2.81. The zero-order chi connectivity index (χ0) is 13.7. The summed E-state index contributed by atoms with van der Waals surface area (Å²) >= 11 is 5.78. The number of rotatable bonds is 6. The van der Waals surface area contributed by atoms with E-state index in [0.717, 1.165) is 13.0 Å². The van der Waals surface area contributed by atoms with Gasteiger partial charge in [-0.05, 0) is 12.5 Å². The van der Waals surface area contributed by atoms with Gasteiger partial charge in [0, 0.05) is 31.1 Å². The number of nitrogens with zero attached hydrogens (tertiary/aromatic N) is 3. The molecule has 0 atom stereocenters. The maximum atomic E-state index is 10.6. The number of hydrogen-bond donors (Lipinski definition) is 0. The fourth-order valence-electron chi connectivity index (χ4n) is 1.58. The Bertz CT molecular complexity index is 557. The van der Waals surface area contributed by atoms with E-state index in [0.29, 0.717) is 12.4 Å². The highest BCUT2D eigenvalue weighted by Gasteiger charge is 2.12. The zero-order valence-corrected chi connectivity index (χ0v) is 10.8. The monoisotopic (exact) mass is 281 g/mol. The van der Waals surface area contributed by atoms with Crippen molar-refractivity contribution in [3.63, 3.8) is 0 Å². The molecule has 0 fully saturated rings. The van der Waals surface area contributed by atoms with Crippen molar-refractivity contribution in [2.75, 3.05) is 6.61 Å². The number of imidazole rings is 1. The van der Waals surface area contributed by atoms with E-state index in [1.54, 1.807) is 18.6 Å². The van der Waals surface area contributed by atoms with E-state index in [2.05, 4.69) is 4.98 Å². The molecule has 0 bridgehead atoms. The van der Waals surface area contributed by atoms with Gasteiger partial charge < -0.3 is 9.30 Å². The lowest BCUT2D eigenvalue weighted by molar-refractivity contribution is -0.384. The maximum absolute atomic E-state index is 10.6. The lowest BCUT2D eigenvalue weighted by Gasteiger charge is -2.07. The third kappa shape index (κ3) is 3.69. The highest BCUT2D eigenvalue weighted by molar-refractivity contribution is 6.32. The van der Waals surface area contributed by atoms with Gasteiger partial charge in [0.1, 0.15) is 10.8 Å². The Morgan fingerprint density at radius 2 is 2.32 bits per heavy atom. The molecule has 7 heteroatoms. The van der Waals surface area contributed by atoms with E-state index in [1.807, 2.05) is 10.8 Å². The van der Waals surface area contributed by atoms with Crippen molar-refractivity contribution in [2.45, 2.75) is 13.0 Å². The Morgan fingerprint density at radius 3 is 2.95 bits per heavy atom. The van der Waals surface area contributed by atoms with Gasteiger partial charge in [0.25, 0.3) is 5.69 Å². The molecular formula is C12H12ClN3O3. The standard InChI is InChI=1S/C12H12ClN3O3/c13-11-8-10(2-3-12(11)16(17)18)19-7-1-5-15-6-4-14-9-15/h2-4,6,8-9H,1,5,7H2. The Labute approximate surface area is 114 Å². The van der Waals surface area contributed by atoms with Crippen LogP contribution in [0.2, 0.25) is 5.02 Å².